The lowest BCUT2D eigenvalue weighted by molar-refractivity contribution is -0.120. The summed E-state index contributed by atoms with van der Waals surface area (Å²) in [5.41, 5.74) is 4.22. The molecule has 1 atom stereocenters. The third-order valence-electron chi connectivity index (χ3n) is 7.16. The highest BCUT2D eigenvalue weighted by Crippen LogP contribution is 2.44. The average molecular weight is 492 g/mol. The minimum atomic E-state index is -0.216. The maximum Gasteiger partial charge on any atom is 0.230 e. The third kappa shape index (κ3) is 4.95. The van der Waals surface area contributed by atoms with Gasteiger partial charge in [-0.15, -0.1) is 10.2 Å². The van der Waals surface area contributed by atoms with E-state index in [1.165, 1.54) is 17.3 Å². The fourth-order valence-electron chi connectivity index (χ4n) is 5.12. The Hall–Kier alpha value is -2.84. The largest absolute Gasteiger partial charge is 0.487 e. The van der Waals surface area contributed by atoms with Gasteiger partial charge in [0, 0.05) is 25.1 Å². The van der Waals surface area contributed by atoms with E-state index in [2.05, 4.69) is 65.6 Å². The Morgan fingerprint density at radius 3 is 2.71 bits per heavy atom. The Balaban J connectivity index is 1.31. The molecule has 1 aromatic heterocycles. The molecule has 0 radical (unpaired) electrons. The zero-order valence-electron chi connectivity index (χ0n) is 20.9. The standard InChI is InChI=1S/C27H33N5O2S/c1-18-9-10-19(2)23(15-18)32-20(3)29-30-26(32)35-17-25(33)28-22-16-27(11-13-31(4)14-12-27)34-24-8-6-5-7-21(22)24/h5-10,15,22H,11-14,16-17H2,1-4H3,(H,28,33). The number of amides is 1. The van der Waals surface area contributed by atoms with Crippen molar-refractivity contribution in [2.75, 3.05) is 25.9 Å². The molecule has 1 spiro atoms. The van der Waals surface area contributed by atoms with Gasteiger partial charge in [-0.05, 0) is 63.9 Å². The molecule has 0 bridgehead atoms. The number of piperidine rings is 1. The molecular weight excluding hydrogens is 458 g/mol. The normalized spacial score (nSPS) is 19.3. The Morgan fingerprint density at radius 1 is 1.14 bits per heavy atom. The molecule has 1 saturated heterocycles. The van der Waals surface area contributed by atoms with E-state index in [4.69, 9.17) is 4.74 Å². The summed E-state index contributed by atoms with van der Waals surface area (Å²) >= 11 is 1.42. The maximum atomic E-state index is 13.2. The number of likely N-dealkylation sites (tertiary alicyclic amines) is 1. The molecule has 1 amide bonds. The average Bonchev–Trinajstić information content (AvgIpc) is 3.21. The summed E-state index contributed by atoms with van der Waals surface area (Å²) in [5.74, 6) is 1.97. The van der Waals surface area contributed by atoms with Crippen LogP contribution >= 0.6 is 11.8 Å². The van der Waals surface area contributed by atoms with E-state index in [-0.39, 0.29) is 23.3 Å². The van der Waals surface area contributed by atoms with Crippen molar-refractivity contribution < 1.29 is 9.53 Å². The van der Waals surface area contributed by atoms with Gasteiger partial charge in [-0.1, -0.05) is 42.1 Å². The molecule has 1 unspecified atom stereocenters. The third-order valence-corrected chi connectivity index (χ3v) is 8.09. The molecule has 35 heavy (non-hydrogen) atoms. The molecule has 184 valence electrons. The summed E-state index contributed by atoms with van der Waals surface area (Å²) < 4.78 is 8.57. The molecule has 7 nitrogen and oxygen atoms in total. The fourth-order valence-corrected chi connectivity index (χ4v) is 5.92. The van der Waals surface area contributed by atoms with Crippen LogP contribution in [0.15, 0.2) is 47.6 Å². The number of carbonyl (C=O) groups excluding carboxylic acids is 1. The Kier molecular flexibility index (Phi) is 6.59. The number of nitrogens with zero attached hydrogens (tertiary/aromatic N) is 4. The van der Waals surface area contributed by atoms with E-state index in [1.54, 1.807) is 0 Å². The number of aromatic nitrogens is 3. The van der Waals surface area contributed by atoms with Gasteiger partial charge in [0.05, 0.1) is 17.5 Å². The maximum absolute atomic E-state index is 13.2. The van der Waals surface area contributed by atoms with Crippen LogP contribution in [0, 0.1) is 20.8 Å². The smallest absolute Gasteiger partial charge is 0.230 e. The molecule has 8 heteroatoms. The van der Waals surface area contributed by atoms with Crippen LogP contribution in [0.4, 0.5) is 0 Å². The highest BCUT2D eigenvalue weighted by Gasteiger charge is 2.43. The number of carbonyl (C=O) groups is 1. The van der Waals surface area contributed by atoms with Crippen molar-refractivity contribution in [2.45, 2.75) is 56.8 Å². The molecule has 1 N–H and O–H groups in total. The number of ether oxygens (including phenoxy) is 1. The van der Waals surface area contributed by atoms with Crippen molar-refractivity contribution in [3.63, 3.8) is 0 Å². The molecule has 0 saturated carbocycles. The predicted octanol–water partition coefficient (Wildman–Crippen LogP) is 4.39. The van der Waals surface area contributed by atoms with Crippen LogP contribution in [0.1, 0.15) is 47.8 Å². The zero-order chi connectivity index (χ0) is 24.6. The monoisotopic (exact) mass is 491 g/mol. The number of benzene rings is 2. The quantitative estimate of drug-likeness (QED) is 0.534. The lowest BCUT2D eigenvalue weighted by Gasteiger charge is -2.46. The van der Waals surface area contributed by atoms with Crippen molar-refractivity contribution in [2.24, 2.45) is 0 Å². The highest BCUT2D eigenvalue weighted by atomic mass is 32.2. The van der Waals surface area contributed by atoms with Crippen molar-refractivity contribution in [3.05, 3.63) is 65.0 Å². The van der Waals surface area contributed by atoms with Gasteiger partial charge < -0.3 is 15.0 Å². The van der Waals surface area contributed by atoms with E-state index in [0.29, 0.717) is 0 Å². The van der Waals surface area contributed by atoms with Crippen LogP contribution in [0.3, 0.4) is 0 Å². The SMILES string of the molecule is Cc1ccc(C)c(-n2c(C)nnc2SCC(=O)NC2CC3(CCN(C)CC3)Oc3ccccc32)c1. The van der Waals surface area contributed by atoms with Gasteiger partial charge in [0.15, 0.2) is 5.16 Å². The molecule has 3 heterocycles. The van der Waals surface area contributed by atoms with E-state index in [9.17, 15) is 4.79 Å². The van der Waals surface area contributed by atoms with E-state index in [0.717, 1.165) is 65.9 Å². The predicted molar refractivity (Wildman–Crippen MR) is 138 cm³/mol. The summed E-state index contributed by atoms with van der Waals surface area (Å²) in [7, 11) is 2.15. The van der Waals surface area contributed by atoms with Crippen LogP contribution in [0.25, 0.3) is 5.69 Å². The van der Waals surface area contributed by atoms with Crippen molar-refractivity contribution in [3.8, 4) is 11.4 Å². The minimum Gasteiger partial charge on any atom is -0.487 e. The Labute approximate surface area is 211 Å². The molecule has 0 aliphatic carbocycles. The summed E-state index contributed by atoms with van der Waals surface area (Å²) in [6, 6.07) is 14.4. The summed E-state index contributed by atoms with van der Waals surface area (Å²) in [6.07, 6.45) is 2.74. The highest BCUT2D eigenvalue weighted by molar-refractivity contribution is 7.99. The van der Waals surface area contributed by atoms with Gasteiger partial charge in [-0.25, -0.2) is 0 Å². The fraction of sp³-hybridized carbons (Fsp3) is 0.444. The number of hydrogen-bond donors (Lipinski definition) is 1. The molecule has 5 rings (SSSR count). The van der Waals surface area contributed by atoms with Crippen LogP contribution in [0.2, 0.25) is 0 Å². The topological polar surface area (TPSA) is 72.3 Å². The molecule has 3 aromatic rings. The van der Waals surface area contributed by atoms with E-state index < -0.39 is 0 Å². The lowest BCUT2D eigenvalue weighted by Crippen LogP contribution is -2.51. The van der Waals surface area contributed by atoms with Crippen LogP contribution < -0.4 is 10.1 Å². The number of nitrogens with one attached hydrogen (secondary N) is 1. The van der Waals surface area contributed by atoms with Crippen molar-refractivity contribution in [1.82, 2.24) is 25.0 Å². The first-order valence-electron chi connectivity index (χ1n) is 12.2. The van der Waals surface area contributed by atoms with Gasteiger partial charge in [0.2, 0.25) is 5.91 Å². The van der Waals surface area contributed by atoms with Crippen LogP contribution in [-0.4, -0.2) is 57.1 Å². The summed E-state index contributed by atoms with van der Waals surface area (Å²) in [5, 5.41) is 12.7. The number of fused-ring (bicyclic) bond motifs is 1. The first-order chi connectivity index (χ1) is 16.8. The van der Waals surface area contributed by atoms with Crippen LogP contribution in [-0.2, 0) is 4.79 Å². The molecule has 2 aromatic carbocycles. The van der Waals surface area contributed by atoms with Crippen molar-refractivity contribution in [1.29, 1.82) is 0 Å². The Bertz CT molecular complexity index is 1230. The van der Waals surface area contributed by atoms with Gasteiger partial charge in [0.25, 0.3) is 0 Å². The zero-order valence-corrected chi connectivity index (χ0v) is 21.7. The number of aryl methyl sites for hydroxylation is 3. The summed E-state index contributed by atoms with van der Waals surface area (Å²) in [4.78, 5) is 15.5. The molecule has 2 aliphatic heterocycles. The van der Waals surface area contributed by atoms with Gasteiger partial charge in [-0.3, -0.25) is 9.36 Å². The lowest BCUT2D eigenvalue weighted by atomic mass is 9.80. The van der Waals surface area contributed by atoms with E-state index >= 15 is 0 Å². The molecular formula is C27H33N5O2S. The second-order valence-corrected chi connectivity index (χ2v) is 10.8. The van der Waals surface area contributed by atoms with Crippen LogP contribution in [0.5, 0.6) is 5.75 Å². The van der Waals surface area contributed by atoms with Crippen molar-refractivity contribution >= 4 is 17.7 Å². The molecule has 1 fully saturated rings. The number of thioether (sulfide) groups is 1. The first-order valence-corrected chi connectivity index (χ1v) is 13.2. The van der Waals surface area contributed by atoms with Gasteiger partial charge in [0.1, 0.15) is 17.2 Å². The number of rotatable bonds is 5. The minimum absolute atomic E-state index is 0.00653. The van der Waals surface area contributed by atoms with E-state index in [1.807, 2.05) is 29.7 Å². The Morgan fingerprint density at radius 2 is 1.91 bits per heavy atom. The number of hydrogen-bond acceptors (Lipinski definition) is 6. The second-order valence-electron chi connectivity index (χ2n) is 9.89. The molecule has 2 aliphatic rings. The second kappa shape index (κ2) is 9.66. The van der Waals surface area contributed by atoms with Gasteiger partial charge >= 0.3 is 0 Å². The number of para-hydroxylation sites is 1. The summed E-state index contributed by atoms with van der Waals surface area (Å²) in [6.45, 7) is 8.11. The first kappa shape index (κ1) is 23.9. The van der Waals surface area contributed by atoms with Gasteiger partial charge in [-0.2, -0.15) is 0 Å².